The van der Waals surface area contributed by atoms with E-state index in [2.05, 4.69) is 10.3 Å². The standard InChI is InChI=1S/C25H23Cl2N3O4/c1-14-10-15(2)28-23(34-13-16-6-4-3-5-7-16)18(14)12-30-9-8-17-19(26)11-20(29-25(32)33)22(27)21(17)24(30)31/h3-7,10-11,29H,8-9,12-13H2,1-2H3,(H,32,33). The largest absolute Gasteiger partial charge is 0.473 e. The number of benzene rings is 2. The second-order valence-electron chi connectivity index (χ2n) is 8.12. The zero-order chi connectivity index (χ0) is 24.4. The number of nitrogens with one attached hydrogen (secondary N) is 1. The molecule has 0 bridgehead atoms. The molecule has 0 spiro atoms. The number of hydrogen-bond donors (Lipinski definition) is 2. The number of pyridine rings is 1. The maximum Gasteiger partial charge on any atom is 0.409 e. The van der Waals surface area contributed by atoms with Gasteiger partial charge in [0.15, 0.2) is 0 Å². The number of amides is 2. The summed E-state index contributed by atoms with van der Waals surface area (Å²) in [6, 6.07) is 13.2. The van der Waals surface area contributed by atoms with Crippen molar-refractivity contribution in [3.05, 3.63) is 86.0 Å². The number of anilines is 1. The fraction of sp³-hybridized carbons (Fsp3) is 0.240. The molecular formula is C25H23Cl2N3O4. The summed E-state index contributed by atoms with van der Waals surface area (Å²) in [5.41, 5.74) is 4.50. The first-order valence-electron chi connectivity index (χ1n) is 10.7. The Balaban J connectivity index is 1.64. The van der Waals surface area contributed by atoms with Crippen LogP contribution in [0.3, 0.4) is 0 Å². The first-order valence-corrected chi connectivity index (χ1v) is 11.4. The lowest BCUT2D eigenvalue weighted by Gasteiger charge is -2.31. The Labute approximate surface area is 207 Å². The van der Waals surface area contributed by atoms with Crippen LogP contribution >= 0.6 is 23.2 Å². The first kappa shape index (κ1) is 23.9. The third-order valence-electron chi connectivity index (χ3n) is 5.70. The van der Waals surface area contributed by atoms with Crippen molar-refractivity contribution < 1.29 is 19.4 Å². The molecule has 1 aliphatic rings. The van der Waals surface area contributed by atoms with Gasteiger partial charge in [0.25, 0.3) is 5.91 Å². The Hall–Kier alpha value is -3.29. The van der Waals surface area contributed by atoms with Crippen LogP contribution in [0, 0.1) is 13.8 Å². The molecule has 2 heterocycles. The van der Waals surface area contributed by atoms with Gasteiger partial charge in [-0.25, -0.2) is 9.78 Å². The summed E-state index contributed by atoms with van der Waals surface area (Å²) in [6.45, 7) is 4.91. The van der Waals surface area contributed by atoms with Crippen LogP contribution < -0.4 is 10.1 Å². The van der Waals surface area contributed by atoms with E-state index in [1.54, 1.807) is 4.90 Å². The molecule has 4 rings (SSSR count). The average molecular weight is 500 g/mol. The van der Waals surface area contributed by atoms with Gasteiger partial charge in [-0.05, 0) is 49.1 Å². The molecule has 34 heavy (non-hydrogen) atoms. The minimum absolute atomic E-state index is 0.0378. The molecule has 0 atom stereocenters. The Morgan fingerprint density at radius 3 is 2.65 bits per heavy atom. The second kappa shape index (κ2) is 9.91. The van der Waals surface area contributed by atoms with Crippen molar-refractivity contribution >= 4 is 40.9 Å². The smallest absolute Gasteiger partial charge is 0.409 e. The highest BCUT2D eigenvalue weighted by molar-refractivity contribution is 6.39. The van der Waals surface area contributed by atoms with E-state index in [-0.39, 0.29) is 28.7 Å². The number of hydrogen-bond acceptors (Lipinski definition) is 4. The van der Waals surface area contributed by atoms with Crippen molar-refractivity contribution in [2.24, 2.45) is 0 Å². The van der Waals surface area contributed by atoms with Gasteiger partial charge in [0, 0.05) is 22.8 Å². The highest BCUT2D eigenvalue weighted by Crippen LogP contribution is 2.38. The maximum atomic E-state index is 13.4. The molecule has 7 nitrogen and oxygen atoms in total. The summed E-state index contributed by atoms with van der Waals surface area (Å²) in [5, 5.41) is 11.6. The van der Waals surface area contributed by atoms with Gasteiger partial charge >= 0.3 is 6.09 Å². The van der Waals surface area contributed by atoms with Gasteiger partial charge in [-0.3, -0.25) is 10.1 Å². The molecule has 0 fully saturated rings. The monoisotopic (exact) mass is 499 g/mol. The van der Waals surface area contributed by atoms with E-state index in [0.29, 0.717) is 36.0 Å². The Bertz CT molecular complexity index is 1270. The van der Waals surface area contributed by atoms with Gasteiger partial charge < -0.3 is 14.7 Å². The number of carboxylic acid groups (broad SMARTS) is 1. The fourth-order valence-electron chi connectivity index (χ4n) is 4.05. The van der Waals surface area contributed by atoms with Crippen molar-refractivity contribution in [2.75, 3.05) is 11.9 Å². The van der Waals surface area contributed by atoms with Crippen molar-refractivity contribution in [1.82, 2.24) is 9.88 Å². The number of fused-ring (bicyclic) bond motifs is 1. The van der Waals surface area contributed by atoms with Crippen molar-refractivity contribution in [1.29, 1.82) is 0 Å². The molecule has 3 aromatic rings. The van der Waals surface area contributed by atoms with Gasteiger partial charge in [0.2, 0.25) is 5.88 Å². The number of halogens is 2. The van der Waals surface area contributed by atoms with Crippen molar-refractivity contribution in [3.63, 3.8) is 0 Å². The van der Waals surface area contributed by atoms with E-state index < -0.39 is 6.09 Å². The van der Waals surface area contributed by atoms with Gasteiger partial charge in [-0.2, -0.15) is 0 Å². The number of carbonyl (C=O) groups is 2. The number of carbonyl (C=O) groups excluding carboxylic acids is 1. The zero-order valence-corrected chi connectivity index (χ0v) is 20.2. The van der Waals surface area contributed by atoms with Crippen LogP contribution in [0.25, 0.3) is 0 Å². The van der Waals surface area contributed by atoms with Crippen molar-refractivity contribution in [2.45, 2.75) is 33.4 Å². The summed E-state index contributed by atoms with van der Waals surface area (Å²) < 4.78 is 6.07. The molecule has 176 valence electrons. The first-order chi connectivity index (χ1) is 16.2. The van der Waals surface area contributed by atoms with Crippen molar-refractivity contribution in [3.8, 4) is 5.88 Å². The highest BCUT2D eigenvalue weighted by Gasteiger charge is 2.31. The minimum atomic E-state index is -1.29. The van der Waals surface area contributed by atoms with E-state index in [9.17, 15) is 9.59 Å². The minimum Gasteiger partial charge on any atom is -0.473 e. The van der Waals surface area contributed by atoms with Gasteiger partial charge in [0.1, 0.15) is 6.61 Å². The lowest BCUT2D eigenvalue weighted by Crippen LogP contribution is -2.38. The molecule has 9 heteroatoms. The summed E-state index contributed by atoms with van der Waals surface area (Å²) >= 11 is 12.8. The van der Waals surface area contributed by atoms with Crippen LogP contribution in [0.1, 0.15) is 38.3 Å². The number of rotatable bonds is 6. The summed E-state index contributed by atoms with van der Waals surface area (Å²) in [7, 11) is 0. The Kier molecular flexibility index (Phi) is 6.95. The molecule has 0 saturated heterocycles. The number of nitrogens with zero attached hydrogens (tertiary/aromatic N) is 2. The van der Waals surface area contributed by atoms with Crippen LogP contribution in [0.2, 0.25) is 10.0 Å². The van der Waals surface area contributed by atoms with Gasteiger partial charge in [-0.1, -0.05) is 53.5 Å². The molecule has 0 aliphatic carbocycles. The molecule has 0 unspecified atom stereocenters. The van der Waals surface area contributed by atoms with E-state index in [1.165, 1.54) is 6.07 Å². The SMILES string of the molecule is Cc1cc(C)c(CN2CCc3c(Cl)cc(NC(=O)O)c(Cl)c3C2=O)c(OCc2ccccc2)n1. The zero-order valence-electron chi connectivity index (χ0n) is 18.7. The molecular weight excluding hydrogens is 477 g/mol. The topological polar surface area (TPSA) is 91.8 Å². The Morgan fingerprint density at radius 2 is 1.94 bits per heavy atom. The number of aromatic nitrogens is 1. The third-order valence-corrected chi connectivity index (χ3v) is 6.43. The van der Waals surface area contributed by atoms with Crippen LogP contribution in [-0.4, -0.2) is 33.5 Å². The molecule has 2 aromatic carbocycles. The molecule has 1 aliphatic heterocycles. The summed E-state index contributed by atoms with van der Waals surface area (Å²) in [5.74, 6) is 0.154. The normalized spacial score (nSPS) is 12.9. The fourth-order valence-corrected chi connectivity index (χ4v) is 4.65. The summed E-state index contributed by atoms with van der Waals surface area (Å²) in [4.78, 5) is 30.8. The predicted octanol–water partition coefficient (Wildman–Crippen LogP) is 5.87. The highest BCUT2D eigenvalue weighted by atomic mass is 35.5. The molecule has 0 saturated carbocycles. The third kappa shape index (κ3) is 4.95. The van der Waals surface area contributed by atoms with Crippen LogP contribution in [0.5, 0.6) is 5.88 Å². The molecule has 2 amide bonds. The summed E-state index contributed by atoms with van der Waals surface area (Å²) in [6.07, 6.45) is -0.800. The predicted molar refractivity (Wildman–Crippen MR) is 131 cm³/mol. The van der Waals surface area contributed by atoms with E-state index >= 15 is 0 Å². The number of aryl methyl sites for hydroxylation is 2. The quantitative estimate of drug-likeness (QED) is 0.442. The molecule has 2 N–H and O–H groups in total. The second-order valence-corrected chi connectivity index (χ2v) is 8.90. The maximum absolute atomic E-state index is 13.4. The van der Waals surface area contributed by atoms with E-state index in [4.69, 9.17) is 33.0 Å². The molecule has 1 aromatic heterocycles. The van der Waals surface area contributed by atoms with E-state index in [1.807, 2.05) is 50.2 Å². The Morgan fingerprint density at radius 1 is 1.21 bits per heavy atom. The lowest BCUT2D eigenvalue weighted by atomic mass is 9.97. The lowest BCUT2D eigenvalue weighted by molar-refractivity contribution is 0.0725. The number of ether oxygens (including phenoxy) is 1. The van der Waals surface area contributed by atoms with Crippen LogP contribution in [-0.2, 0) is 19.6 Å². The average Bonchev–Trinajstić information content (AvgIpc) is 2.79. The molecule has 0 radical (unpaired) electrons. The van der Waals surface area contributed by atoms with Crippen LogP contribution in [0.4, 0.5) is 10.5 Å². The van der Waals surface area contributed by atoms with Crippen LogP contribution in [0.15, 0.2) is 42.5 Å². The van der Waals surface area contributed by atoms with Gasteiger partial charge in [-0.15, -0.1) is 0 Å². The van der Waals surface area contributed by atoms with Gasteiger partial charge in [0.05, 0.1) is 22.8 Å². The van der Waals surface area contributed by atoms with E-state index in [0.717, 1.165) is 22.4 Å².